The third-order valence-corrected chi connectivity index (χ3v) is 22.8. The third-order valence-electron chi connectivity index (χ3n) is 20.4. The van der Waals surface area contributed by atoms with Crippen LogP contribution in [0.1, 0.15) is 149 Å². The lowest BCUT2D eigenvalue weighted by Crippen LogP contribution is -2.59. The van der Waals surface area contributed by atoms with Crippen molar-refractivity contribution in [3.05, 3.63) is 75.3 Å². The summed E-state index contributed by atoms with van der Waals surface area (Å²) in [6, 6.07) is 10.5. The van der Waals surface area contributed by atoms with Gasteiger partial charge in [0.2, 0.25) is 6.29 Å². The molecule has 0 amide bonds. The summed E-state index contributed by atoms with van der Waals surface area (Å²) in [5.74, 6) is 16.8. The average molecular weight is 1210 g/mol. The van der Waals surface area contributed by atoms with Crippen LogP contribution in [-0.4, -0.2) is 124 Å². The molecule has 16 nitrogen and oxygen atoms in total. The highest BCUT2D eigenvalue weighted by atomic mass is 33.1. The summed E-state index contributed by atoms with van der Waals surface area (Å²) >= 11 is 0. The number of rotatable bonds is 12. The Morgan fingerprint density at radius 1 is 0.918 bits per heavy atom. The van der Waals surface area contributed by atoms with Crippen LogP contribution in [0, 0.1) is 64.1 Å². The van der Waals surface area contributed by atoms with Crippen molar-refractivity contribution in [3.63, 3.8) is 0 Å². The molecule has 4 aliphatic carbocycles. The van der Waals surface area contributed by atoms with Crippen LogP contribution in [0.25, 0.3) is 0 Å². The Morgan fingerprint density at radius 3 is 2.51 bits per heavy atom. The molecule has 8 aliphatic rings. The standard InChI is InChI=1S/C67H91N5O11S2/c1-41(2)57-37-85-84-36-55-54-31-53-45-14-18-51(77)30-50(76)16-12-43-15-19-58(78)61(82-40-74)52(43)10-7-9-46(28-45)60(62(53)83-63(54)79)81-39-70-67(24-8-11-56(55)71-64(68)72-57)38-65(26-21-48(67)33-66(22-5-6-23-66)59(35-73)80-4)25-20-42(32-65)27-44-13-17-49(75)29-47(44)34-69-3/h13,15,17,19,28-29,41-42,48,51,54-57,59,63,69-70,73-75,77-79H,5-6,9,12,14,16,18,20-27,30-40H2,1-4H3,(H3,68,71,72)/t42-,48-,51+,54+,55-,56+,57+,59-,63+,65-,67+/m0/s1. The van der Waals surface area contributed by atoms with E-state index in [0.717, 1.165) is 99.5 Å². The fourth-order valence-corrected chi connectivity index (χ4v) is 18.7. The highest BCUT2D eigenvalue weighted by Gasteiger charge is 2.55. The number of nitrogens with zero attached hydrogens (tertiary/aromatic N) is 1. The molecule has 4 aliphatic heterocycles. The number of aryl methyl sites for hydroxylation is 2. The zero-order chi connectivity index (χ0) is 59.9. The second-order valence-corrected chi connectivity index (χ2v) is 28.6. The van der Waals surface area contributed by atoms with Gasteiger partial charge < -0.3 is 66.0 Å². The molecule has 85 heavy (non-hydrogen) atoms. The number of aromatic hydroxyl groups is 2. The third kappa shape index (κ3) is 14.4. The second-order valence-electron chi connectivity index (χ2n) is 26.0. The quantitative estimate of drug-likeness (QED) is 0.0469. The lowest BCUT2D eigenvalue weighted by Gasteiger charge is -2.54. The van der Waals surface area contributed by atoms with Gasteiger partial charge in [-0.1, -0.05) is 90.2 Å². The molecule has 462 valence electrons. The molecule has 11 N–H and O–H groups in total. The summed E-state index contributed by atoms with van der Waals surface area (Å²) in [7, 11) is 7.19. The van der Waals surface area contributed by atoms with E-state index in [9.17, 15) is 35.4 Å². The Morgan fingerprint density at radius 2 is 1.73 bits per heavy atom. The number of ketones is 1. The topological polar surface area (TPSA) is 250 Å². The number of carbonyl (C=O) groups is 1. The number of phenolic OH excluding ortho intramolecular Hbond substituents is 2. The molecule has 0 aromatic heterocycles. The van der Waals surface area contributed by atoms with Crippen LogP contribution in [0.5, 0.6) is 28.7 Å². The van der Waals surface area contributed by atoms with Gasteiger partial charge in [-0.25, -0.2) is 4.99 Å². The predicted molar refractivity (Wildman–Crippen MR) is 333 cm³/mol. The summed E-state index contributed by atoms with van der Waals surface area (Å²) in [5, 5.41) is 77.8. The molecule has 3 fully saturated rings. The summed E-state index contributed by atoms with van der Waals surface area (Å²) in [6.45, 7) is 4.31. The normalized spacial score (nSPS) is 30.1. The maximum Gasteiger partial charge on any atom is 0.201 e. The van der Waals surface area contributed by atoms with Gasteiger partial charge in [-0.3, -0.25) is 10.1 Å². The molecule has 18 heteroatoms. The Kier molecular flexibility index (Phi) is 20.9. The Balaban J connectivity index is 1.12. The summed E-state index contributed by atoms with van der Waals surface area (Å²) in [5.41, 5.74) is 12.0. The Labute approximate surface area is 510 Å². The van der Waals surface area contributed by atoms with Gasteiger partial charge in [-0.2, -0.15) is 0 Å². The molecule has 11 atom stereocenters. The van der Waals surface area contributed by atoms with Gasteiger partial charge in [0.1, 0.15) is 18.3 Å². The summed E-state index contributed by atoms with van der Waals surface area (Å²) < 4.78 is 26.0. The molecule has 2 spiro atoms. The number of hydrogen-bond donors (Lipinski definition) is 10. The molecule has 3 saturated carbocycles. The first-order valence-electron chi connectivity index (χ1n) is 31.2. The van der Waals surface area contributed by atoms with Crippen LogP contribution in [0.2, 0.25) is 0 Å². The van der Waals surface area contributed by atoms with Crippen molar-refractivity contribution >= 4 is 33.3 Å². The molecule has 6 bridgehead atoms. The summed E-state index contributed by atoms with van der Waals surface area (Å²) in [4.78, 5) is 18.6. The average Bonchev–Trinajstić information content (AvgIpc) is 2.79. The van der Waals surface area contributed by atoms with E-state index >= 15 is 0 Å². The van der Waals surface area contributed by atoms with E-state index in [1.165, 1.54) is 11.6 Å². The molecule has 0 unspecified atom stereocenters. The van der Waals surface area contributed by atoms with Crippen molar-refractivity contribution in [1.29, 1.82) is 0 Å². The fraction of sp³-hybridized carbons (Fsp3) is 0.642. The highest BCUT2D eigenvalue weighted by molar-refractivity contribution is 8.76. The number of nitrogens with one attached hydrogen (secondary N) is 3. The number of methoxy groups -OCH3 is 1. The maximum absolute atomic E-state index is 13.5. The minimum atomic E-state index is -1.28. The predicted octanol–water partition coefficient (Wildman–Crippen LogP) is 7.98. The highest BCUT2D eigenvalue weighted by Crippen LogP contribution is 2.60. The van der Waals surface area contributed by atoms with Gasteiger partial charge in [0, 0.05) is 79.3 Å². The van der Waals surface area contributed by atoms with Crippen molar-refractivity contribution in [2.24, 2.45) is 51.1 Å². The molecule has 4 heterocycles. The SMILES string of the molecule is CNCc1cc(O)ccc1C[C@@H]1CC[C@]2(CC[C@@H](CC3([C@H](CO)OC)CCCC3)[C@@]3(CC#C[C@H]4NC(N)=N[C@@H](C(C)C)CSSC[C@H]4[C@H]4Cc5c6cc(c(c5O[C@H]4O)OCN3)CC#Cc3c(ccc(O)c3OCO)CCC(=O)C[C@H](O)CC6)C2)C1. The van der Waals surface area contributed by atoms with Gasteiger partial charge in [-0.15, -0.1) is 0 Å². The first kappa shape index (κ1) is 63.2. The van der Waals surface area contributed by atoms with Gasteiger partial charge in [0.05, 0.1) is 36.5 Å². The first-order valence-corrected chi connectivity index (χ1v) is 33.7. The van der Waals surface area contributed by atoms with Crippen molar-refractivity contribution in [1.82, 2.24) is 16.0 Å². The number of hydrogen-bond acceptors (Lipinski definition) is 18. The fourth-order valence-electron chi connectivity index (χ4n) is 15.8. The second kappa shape index (κ2) is 28.1. The molecule has 11 rings (SSSR count). The number of Topliss-reactive ketones (excluding diaryl/α,β-unsaturated/α-hetero) is 1. The van der Waals surface area contributed by atoms with E-state index in [-0.39, 0.29) is 103 Å². The number of carbonyl (C=O) groups excluding carboxylic acids is 1. The largest absolute Gasteiger partial charge is 0.508 e. The lowest BCUT2D eigenvalue weighted by molar-refractivity contribution is -0.121. The van der Waals surface area contributed by atoms with E-state index < -0.39 is 36.7 Å². The number of benzene rings is 3. The van der Waals surface area contributed by atoms with Crippen LogP contribution < -0.4 is 35.9 Å². The Hall–Kier alpha value is -4.86. The number of ether oxygens (including phenoxy) is 4. The lowest BCUT2D eigenvalue weighted by atomic mass is 9.55. The van der Waals surface area contributed by atoms with E-state index in [1.807, 2.05) is 19.2 Å². The number of nitrogens with two attached hydrogens (primary N) is 1. The van der Waals surface area contributed by atoms with Gasteiger partial charge in [-0.05, 0) is 166 Å². The van der Waals surface area contributed by atoms with Gasteiger partial charge in [0.25, 0.3) is 0 Å². The van der Waals surface area contributed by atoms with Crippen molar-refractivity contribution in [2.75, 3.05) is 45.8 Å². The van der Waals surface area contributed by atoms with Crippen molar-refractivity contribution in [2.45, 2.75) is 185 Å². The van der Waals surface area contributed by atoms with Crippen LogP contribution in [0.4, 0.5) is 0 Å². The van der Waals surface area contributed by atoms with Crippen LogP contribution in [0.3, 0.4) is 0 Å². The minimum Gasteiger partial charge on any atom is -0.508 e. The first-order chi connectivity index (χ1) is 41.1. The molecule has 3 aromatic carbocycles. The number of aliphatic hydroxyl groups is 4. The van der Waals surface area contributed by atoms with Crippen LogP contribution >= 0.6 is 21.6 Å². The molecular weight excluding hydrogens is 1110 g/mol. The number of phenols is 2. The smallest absolute Gasteiger partial charge is 0.201 e. The summed E-state index contributed by atoms with van der Waals surface area (Å²) in [6.07, 6.45) is 11.5. The molecular formula is C67H91N5O11S2. The van der Waals surface area contributed by atoms with Crippen LogP contribution in [-0.2, 0) is 48.2 Å². The molecule has 3 aromatic rings. The number of fused-ring (bicyclic) bond motifs is 7. The van der Waals surface area contributed by atoms with Crippen molar-refractivity contribution in [3.8, 4) is 52.4 Å². The van der Waals surface area contributed by atoms with E-state index in [4.69, 9.17) is 29.7 Å². The maximum atomic E-state index is 13.5. The Bertz CT molecular complexity index is 3000. The van der Waals surface area contributed by atoms with Crippen molar-refractivity contribution < 1.29 is 54.4 Å². The number of aliphatic imine (C=N–C) groups is 1. The zero-order valence-electron chi connectivity index (χ0n) is 50.2. The monoisotopic (exact) mass is 1210 g/mol. The molecule has 0 saturated heterocycles. The van der Waals surface area contributed by atoms with Gasteiger partial charge in [0.15, 0.2) is 35.8 Å². The van der Waals surface area contributed by atoms with Gasteiger partial charge >= 0.3 is 0 Å². The van der Waals surface area contributed by atoms with Crippen LogP contribution in [0.15, 0.2) is 41.4 Å². The van der Waals surface area contributed by atoms with E-state index in [1.54, 1.807) is 34.8 Å². The van der Waals surface area contributed by atoms with E-state index in [2.05, 4.69) is 65.6 Å². The minimum absolute atomic E-state index is 0.0136. The van der Waals surface area contributed by atoms with E-state index in [0.29, 0.717) is 78.0 Å². The number of guanidine groups is 1. The number of aliphatic hydroxyl groups excluding tert-OH is 4. The zero-order valence-corrected chi connectivity index (χ0v) is 51.8. The molecule has 0 radical (unpaired) electrons.